The number of halogens is 1. The van der Waals surface area contributed by atoms with Gasteiger partial charge in [-0.15, -0.1) is 0 Å². The van der Waals surface area contributed by atoms with Crippen LogP contribution >= 0.6 is 0 Å². The van der Waals surface area contributed by atoms with Crippen molar-refractivity contribution in [2.75, 3.05) is 0 Å². The lowest BCUT2D eigenvalue weighted by atomic mass is 10.3. The third kappa shape index (κ3) is 3.38. The minimum Gasteiger partial charge on any atom is -1.00 e. The van der Waals surface area contributed by atoms with Crippen LogP contribution in [-0.2, 0) is 6.54 Å². The van der Waals surface area contributed by atoms with E-state index in [1.54, 1.807) is 0 Å². The average molecular weight is 172 g/mol. The van der Waals surface area contributed by atoms with Crippen molar-refractivity contribution >= 4 is 0 Å². The maximum atomic E-state index is 2.20. The molecule has 11 heavy (non-hydrogen) atoms. The molecule has 1 nitrogen and oxygen atoms in total. The van der Waals surface area contributed by atoms with E-state index in [1.807, 2.05) is 0 Å². The zero-order chi connectivity index (χ0) is 7.40. The van der Waals surface area contributed by atoms with Gasteiger partial charge in [-0.3, -0.25) is 0 Å². The second-order valence-electron chi connectivity index (χ2n) is 2.61. The minimum atomic E-state index is 0. The maximum absolute atomic E-state index is 2.20. The fraction of sp³-hybridized carbons (Fsp3) is 0.444. The number of hydrogen-bond donors (Lipinski definition) is 0. The van der Waals surface area contributed by atoms with E-state index in [9.17, 15) is 0 Å². The van der Waals surface area contributed by atoms with Crippen molar-refractivity contribution in [2.45, 2.75) is 26.8 Å². The summed E-state index contributed by atoms with van der Waals surface area (Å²) in [6, 6.07) is 4.27. The molecular weight excluding hydrogens is 158 g/mol. The predicted octanol–water partition coefficient (Wildman–Crippen LogP) is -1.30. The highest BCUT2D eigenvalue weighted by atomic mass is 35.5. The molecular formula is C9H14ClN. The quantitative estimate of drug-likeness (QED) is 0.487. The Bertz CT molecular complexity index is 193. The van der Waals surface area contributed by atoms with E-state index in [4.69, 9.17) is 0 Å². The lowest BCUT2D eigenvalue weighted by Gasteiger charge is -1.92. The van der Waals surface area contributed by atoms with Crippen LogP contribution in [0.2, 0.25) is 0 Å². The molecule has 0 aliphatic carbocycles. The first-order valence-electron chi connectivity index (χ1n) is 3.78. The maximum Gasteiger partial charge on any atom is 0.169 e. The largest absolute Gasteiger partial charge is 1.00 e. The Kier molecular flexibility index (Phi) is 4.88. The Morgan fingerprint density at radius 1 is 1.27 bits per heavy atom. The highest BCUT2D eigenvalue weighted by Crippen LogP contribution is 1.89. The number of hydrogen-bond acceptors (Lipinski definition) is 0. The molecule has 0 radical (unpaired) electrons. The number of aryl methyl sites for hydroxylation is 2. The monoisotopic (exact) mass is 171 g/mol. The van der Waals surface area contributed by atoms with Crippen molar-refractivity contribution in [3.63, 3.8) is 0 Å². The van der Waals surface area contributed by atoms with Gasteiger partial charge in [-0.05, 0) is 12.5 Å². The van der Waals surface area contributed by atoms with Gasteiger partial charge in [-0.2, -0.15) is 0 Å². The lowest BCUT2D eigenvalue weighted by molar-refractivity contribution is -0.697. The van der Waals surface area contributed by atoms with Gasteiger partial charge in [-0.1, -0.05) is 6.92 Å². The summed E-state index contributed by atoms with van der Waals surface area (Å²) in [4.78, 5) is 0. The molecule has 1 heterocycles. The number of nitrogens with zero attached hydrogens (tertiary/aromatic N) is 1. The standard InChI is InChI=1S/C9H14N.ClH/c1-3-6-10-7-4-9(2)5-8-10;/h4-5,7-8H,3,6H2,1-2H3;1H/q+1;/p-1. The predicted molar refractivity (Wildman–Crippen MR) is 41.7 cm³/mol. The first-order chi connectivity index (χ1) is 4.83. The van der Waals surface area contributed by atoms with Crippen molar-refractivity contribution in [1.82, 2.24) is 0 Å². The van der Waals surface area contributed by atoms with Gasteiger partial charge in [-0.25, -0.2) is 4.57 Å². The van der Waals surface area contributed by atoms with Crippen LogP contribution in [0.15, 0.2) is 24.5 Å². The molecule has 2 heteroatoms. The van der Waals surface area contributed by atoms with Crippen LogP contribution in [-0.4, -0.2) is 0 Å². The first-order valence-corrected chi connectivity index (χ1v) is 3.78. The summed E-state index contributed by atoms with van der Waals surface area (Å²) >= 11 is 0. The Balaban J connectivity index is 0.000001000. The van der Waals surface area contributed by atoms with Crippen LogP contribution in [0.4, 0.5) is 0 Å². The van der Waals surface area contributed by atoms with Crippen molar-refractivity contribution < 1.29 is 17.0 Å². The van der Waals surface area contributed by atoms with Crippen molar-refractivity contribution in [1.29, 1.82) is 0 Å². The minimum absolute atomic E-state index is 0. The van der Waals surface area contributed by atoms with Gasteiger partial charge < -0.3 is 12.4 Å². The van der Waals surface area contributed by atoms with Gasteiger partial charge >= 0.3 is 0 Å². The summed E-state index contributed by atoms with van der Waals surface area (Å²) < 4.78 is 2.20. The van der Waals surface area contributed by atoms with Crippen LogP contribution in [0.3, 0.4) is 0 Å². The van der Waals surface area contributed by atoms with E-state index in [-0.39, 0.29) is 12.4 Å². The second kappa shape index (κ2) is 5.14. The van der Waals surface area contributed by atoms with E-state index < -0.39 is 0 Å². The first kappa shape index (κ1) is 10.4. The van der Waals surface area contributed by atoms with Crippen molar-refractivity contribution in [2.24, 2.45) is 0 Å². The molecule has 0 aliphatic heterocycles. The van der Waals surface area contributed by atoms with E-state index in [1.165, 1.54) is 12.0 Å². The Hall–Kier alpha value is -0.560. The fourth-order valence-electron chi connectivity index (χ4n) is 0.939. The van der Waals surface area contributed by atoms with Gasteiger partial charge in [0.05, 0.1) is 0 Å². The van der Waals surface area contributed by atoms with Crippen molar-refractivity contribution in [3.8, 4) is 0 Å². The zero-order valence-electron chi connectivity index (χ0n) is 7.05. The topological polar surface area (TPSA) is 3.88 Å². The SMILES string of the molecule is CCC[n+]1ccc(C)cc1.[Cl-]. The van der Waals surface area contributed by atoms with E-state index in [0.29, 0.717) is 0 Å². The molecule has 62 valence electrons. The molecule has 0 atom stereocenters. The molecule has 0 aliphatic rings. The Labute approximate surface area is 74.5 Å². The molecule has 0 amide bonds. The van der Waals surface area contributed by atoms with Crippen LogP contribution in [0.1, 0.15) is 18.9 Å². The third-order valence-electron chi connectivity index (χ3n) is 1.54. The molecule has 1 rings (SSSR count). The molecule has 1 aromatic heterocycles. The van der Waals surface area contributed by atoms with E-state index in [2.05, 4.69) is 42.9 Å². The molecule has 0 bridgehead atoms. The summed E-state index contributed by atoms with van der Waals surface area (Å²) in [6.07, 6.45) is 5.45. The highest BCUT2D eigenvalue weighted by Gasteiger charge is 1.94. The Morgan fingerprint density at radius 3 is 2.27 bits per heavy atom. The molecule has 0 fully saturated rings. The third-order valence-corrected chi connectivity index (χ3v) is 1.54. The summed E-state index contributed by atoms with van der Waals surface area (Å²) in [5.74, 6) is 0. The van der Waals surface area contributed by atoms with E-state index >= 15 is 0 Å². The van der Waals surface area contributed by atoms with Gasteiger partial charge in [0.2, 0.25) is 0 Å². The van der Waals surface area contributed by atoms with Crippen LogP contribution in [0, 0.1) is 6.92 Å². The van der Waals surface area contributed by atoms with Crippen LogP contribution in [0.25, 0.3) is 0 Å². The number of rotatable bonds is 2. The molecule has 0 saturated carbocycles. The van der Waals surface area contributed by atoms with Gasteiger partial charge in [0.15, 0.2) is 12.4 Å². The lowest BCUT2D eigenvalue weighted by Crippen LogP contribution is -3.00. The van der Waals surface area contributed by atoms with Gasteiger partial charge in [0.1, 0.15) is 6.54 Å². The molecule has 0 spiro atoms. The molecule has 1 aromatic rings. The molecule has 0 aromatic carbocycles. The van der Waals surface area contributed by atoms with Crippen LogP contribution < -0.4 is 17.0 Å². The Morgan fingerprint density at radius 2 is 1.82 bits per heavy atom. The number of pyridine rings is 1. The molecule has 0 saturated heterocycles. The van der Waals surface area contributed by atoms with Crippen molar-refractivity contribution in [3.05, 3.63) is 30.1 Å². The summed E-state index contributed by atoms with van der Waals surface area (Å²) in [6.45, 7) is 5.42. The second-order valence-corrected chi connectivity index (χ2v) is 2.61. The molecule has 0 unspecified atom stereocenters. The molecule has 0 N–H and O–H groups in total. The summed E-state index contributed by atoms with van der Waals surface area (Å²) in [5.41, 5.74) is 1.33. The van der Waals surface area contributed by atoms with Gasteiger partial charge in [0.25, 0.3) is 0 Å². The average Bonchev–Trinajstić information content (AvgIpc) is 1.95. The normalized spacial score (nSPS) is 8.91. The fourth-order valence-corrected chi connectivity index (χ4v) is 0.939. The van der Waals surface area contributed by atoms with Gasteiger partial charge in [0, 0.05) is 18.6 Å². The zero-order valence-corrected chi connectivity index (χ0v) is 7.80. The summed E-state index contributed by atoms with van der Waals surface area (Å²) in [7, 11) is 0. The summed E-state index contributed by atoms with van der Waals surface area (Å²) in [5, 5.41) is 0. The number of aromatic nitrogens is 1. The smallest absolute Gasteiger partial charge is 0.169 e. The van der Waals surface area contributed by atoms with Crippen LogP contribution in [0.5, 0.6) is 0 Å². The van der Waals surface area contributed by atoms with E-state index in [0.717, 1.165) is 6.54 Å². The highest BCUT2D eigenvalue weighted by molar-refractivity contribution is 5.03.